The van der Waals surface area contributed by atoms with Crippen LogP contribution in [0.3, 0.4) is 0 Å². The normalized spacial score (nSPS) is 17.5. The van der Waals surface area contributed by atoms with Gasteiger partial charge in [0, 0.05) is 26.2 Å². The standard InChI is InChI=1S/C18H27F3N4O2S/c1-3-22-17(23-12-14-4-6-16(7-5-14)18(19,20)21)24-13-15-8-10-25(11-9-15)28(2,26)27/h4-7,15H,3,8-13H2,1-2H3,(H2,22,23,24). The summed E-state index contributed by atoms with van der Waals surface area (Å²) in [5, 5.41) is 6.35. The van der Waals surface area contributed by atoms with Crippen LogP contribution in [0.5, 0.6) is 0 Å². The highest BCUT2D eigenvalue weighted by Gasteiger charge is 2.30. The molecule has 0 bridgehead atoms. The summed E-state index contributed by atoms with van der Waals surface area (Å²) < 4.78 is 62.5. The van der Waals surface area contributed by atoms with E-state index in [1.807, 2.05) is 6.92 Å². The summed E-state index contributed by atoms with van der Waals surface area (Å²) in [6, 6.07) is 4.97. The molecule has 6 nitrogen and oxygen atoms in total. The third-order valence-electron chi connectivity index (χ3n) is 4.65. The maximum Gasteiger partial charge on any atom is 0.416 e. The van der Waals surface area contributed by atoms with Crippen LogP contribution in [-0.4, -0.2) is 51.1 Å². The minimum Gasteiger partial charge on any atom is -0.357 e. The number of halogens is 3. The SMILES string of the molecule is CCNC(=NCc1ccc(C(F)(F)F)cc1)NCC1CCN(S(C)(=O)=O)CC1. The molecular formula is C18H27F3N4O2S. The molecule has 0 aliphatic carbocycles. The average Bonchev–Trinajstić information content (AvgIpc) is 2.63. The second-order valence-corrected chi connectivity index (χ2v) is 8.86. The highest BCUT2D eigenvalue weighted by Crippen LogP contribution is 2.29. The molecule has 0 amide bonds. The number of alkyl halides is 3. The van der Waals surface area contributed by atoms with E-state index in [1.165, 1.54) is 22.7 Å². The van der Waals surface area contributed by atoms with Crippen molar-refractivity contribution in [1.29, 1.82) is 0 Å². The Labute approximate surface area is 164 Å². The zero-order valence-electron chi connectivity index (χ0n) is 16.1. The highest BCUT2D eigenvalue weighted by atomic mass is 32.2. The lowest BCUT2D eigenvalue weighted by Gasteiger charge is -2.30. The van der Waals surface area contributed by atoms with Gasteiger partial charge in [0.05, 0.1) is 18.4 Å². The van der Waals surface area contributed by atoms with Crippen molar-refractivity contribution >= 4 is 16.0 Å². The van der Waals surface area contributed by atoms with Gasteiger partial charge >= 0.3 is 6.18 Å². The second kappa shape index (κ2) is 9.60. The van der Waals surface area contributed by atoms with E-state index < -0.39 is 21.8 Å². The second-order valence-electron chi connectivity index (χ2n) is 6.88. The number of aliphatic imine (C=N–C) groups is 1. The number of nitrogens with one attached hydrogen (secondary N) is 2. The summed E-state index contributed by atoms with van der Waals surface area (Å²) in [5.41, 5.74) is 0.0114. The predicted molar refractivity (Wildman–Crippen MR) is 103 cm³/mol. The van der Waals surface area contributed by atoms with Crippen molar-refractivity contribution in [3.63, 3.8) is 0 Å². The van der Waals surface area contributed by atoms with Crippen molar-refractivity contribution in [3.8, 4) is 0 Å². The summed E-state index contributed by atoms with van der Waals surface area (Å²) in [6.07, 6.45) is -1.57. The molecule has 0 saturated carbocycles. The molecule has 0 aromatic heterocycles. The molecule has 158 valence electrons. The van der Waals surface area contributed by atoms with Gasteiger partial charge in [-0.15, -0.1) is 0 Å². The molecular weight excluding hydrogens is 393 g/mol. The number of sulfonamides is 1. The van der Waals surface area contributed by atoms with Gasteiger partial charge in [0.15, 0.2) is 5.96 Å². The fraction of sp³-hybridized carbons (Fsp3) is 0.611. The van der Waals surface area contributed by atoms with E-state index in [0.29, 0.717) is 43.6 Å². The molecule has 28 heavy (non-hydrogen) atoms. The number of piperidine rings is 1. The molecule has 1 aliphatic heterocycles. The molecule has 1 saturated heterocycles. The lowest BCUT2D eigenvalue weighted by Crippen LogP contribution is -2.44. The smallest absolute Gasteiger partial charge is 0.357 e. The van der Waals surface area contributed by atoms with Crippen LogP contribution in [0.2, 0.25) is 0 Å². The number of benzene rings is 1. The van der Waals surface area contributed by atoms with Crippen LogP contribution in [0, 0.1) is 5.92 Å². The van der Waals surface area contributed by atoms with Crippen molar-refractivity contribution < 1.29 is 21.6 Å². The molecule has 0 spiro atoms. The zero-order chi connectivity index (χ0) is 20.8. The molecule has 2 N–H and O–H groups in total. The van der Waals surface area contributed by atoms with Gasteiger partial charge in [0.1, 0.15) is 0 Å². The summed E-state index contributed by atoms with van der Waals surface area (Å²) in [7, 11) is -3.13. The molecule has 0 unspecified atom stereocenters. The Morgan fingerprint density at radius 1 is 1.18 bits per heavy atom. The fourth-order valence-corrected chi connectivity index (χ4v) is 3.87. The van der Waals surface area contributed by atoms with Crippen molar-refractivity contribution in [2.45, 2.75) is 32.5 Å². The van der Waals surface area contributed by atoms with Crippen LogP contribution >= 0.6 is 0 Å². The summed E-state index contributed by atoms with van der Waals surface area (Å²) in [4.78, 5) is 4.42. The van der Waals surface area contributed by atoms with Gasteiger partial charge in [-0.3, -0.25) is 0 Å². The molecule has 0 atom stereocenters. The van der Waals surface area contributed by atoms with Gasteiger partial charge < -0.3 is 10.6 Å². The third-order valence-corrected chi connectivity index (χ3v) is 5.95. The number of guanidine groups is 1. The molecule has 2 rings (SSSR count). The van der Waals surface area contributed by atoms with Crippen molar-refractivity contribution in [2.75, 3.05) is 32.4 Å². The first-order chi connectivity index (χ1) is 13.1. The molecule has 0 radical (unpaired) electrons. The first-order valence-corrected chi connectivity index (χ1v) is 11.1. The van der Waals surface area contributed by atoms with Gasteiger partial charge in [-0.2, -0.15) is 13.2 Å². The first kappa shape index (κ1) is 22.5. The van der Waals surface area contributed by atoms with Crippen LogP contribution in [0.25, 0.3) is 0 Å². The van der Waals surface area contributed by atoms with E-state index in [2.05, 4.69) is 15.6 Å². The number of hydrogen-bond acceptors (Lipinski definition) is 3. The topological polar surface area (TPSA) is 73.8 Å². The number of hydrogen-bond donors (Lipinski definition) is 2. The highest BCUT2D eigenvalue weighted by molar-refractivity contribution is 7.88. The van der Waals surface area contributed by atoms with Gasteiger partial charge in [-0.25, -0.2) is 17.7 Å². The minimum atomic E-state index is -4.34. The lowest BCUT2D eigenvalue weighted by molar-refractivity contribution is -0.137. The van der Waals surface area contributed by atoms with Crippen LogP contribution in [-0.2, 0) is 22.7 Å². The molecule has 1 aliphatic rings. The first-order valence-electron chi connectivity index (χ1n) is 9.23. The molecule has 10 heteroatoms. The molecule has 1 fully saturated rings. The Kier molecular flexibility index (Phi) is 7.70. The quantitative estimate of drug-likeness (QED) is 0.548. The molecule has 1 aromatic carbocycles. The van der Waals surface area contributed by atoms with Crippen molar-refractivity contribution in [2.24, 2.45) is 10.9 Å². The van der Waals surface area contributed by atoms with Crippen molar-refractivity contribution in [1.82, 2.24) is 14.9 Å². The molecule has 1 aromatic rings. The van der Waals surface area contributed by atoms with Crippen LogP contribution in [0.15, 0.2) is 29.3 Å². The van der Waals surface area contributed by atoms with E-state index >= 15 is 0 Å². The van der Waals surface area contributed by atoms with E-state index in [0.717, 1.165) is 25.0 Å². The lowest BCUT2D eigenvalue weighted by atomic mass is 9.98. The van der Waals surface area contributed by atoms with Gasteiger partial charge in [0.25, 0.3) is 0 Å². The summed E-state index contributed by atoms with van der Waals surface area (Å²) in [6.45, 7) is 4.55. The average molecular weight is 421 g/mol. The summed E-state index contributed by atoms with van der Waals surface area (Å²) >= 11 is 0. The van der Waals surface area contributed by atoms with Crippen molar-refractivity contribution in [3.05, 3.63) is 35.4 Å². The fourth-order valence-electron chi connectivity index (χ4n) is 3.00. The maximum absolute atomic E-state index is 12.6. The number of rotatable bonds is 6. The minimum absolute atomic E-state index is 0.264. The Bertz CT molecular complexity index is 756. The largest absolute Gasteiger partial charge is 0.416 e. The van der Waals surface area contributed by atoms with E-state index in [1.54, 1.807) is 0 Å². The predicted octanol–water partition coefficient (Wildman–Crippen LogP) is 2.43. The van der Waals surface area contributed by atoms with Crippen LogP contribution < -0.4 is 10.6 Å². The van der Waals surface area contributed by atoms with Crippen LogP contribution in [0.4, 0.5) is 13.2 Å². The van der Waals surface area contributed by atoms with Crippen LogP contribution in [0.1, 0.15) is 30.9 Å². The number of nitrogens with zero attached hydrogens (tertiary/aromatic N) is 2. The Hall–Kier alpha value is -1.81. The molecule has 1 heterocycles. The van der Waals surface area contributed by atoms with Gasteiger partial charge in [-0.1, -0.05) is 12.1 Å². The van der Waals surface area contributed by atoms with Gasteiger partial charge in [0.2, 0.25) is 10.0 Å². The third kappa shape index (κ3) is 6.97. The monoisotopic (exact) mass is 420 g/mol. The van der Waals surface area contributed by atoms with Gasteiger partial charge in [-0.05, 0) is 43.4 Å². The van der Waals surface area contributed by atoms with E-state index in [4.69, 9.17) is 0 Å². The van der Waals surface area contributed by atoms with E-state index in [9.17, 15) is 21.6 Å². The van der Waals surface area contributed by atoms with E-state index in [-0.39, 0.29) is 6.54 Å². The summed E-state index contributed by atoms with van der Waals surface area (Å²) in [5.74, 6) is 0.931. The Morgan fingerprint density at radius 3 is 2.29 bits per heavy atom. The Balaban J connectivity index is 1.87. The zero-order valence-corrected chi connectivity index (χ0v) is 16.9. The Morgan fingerprint density at radius 2 is 1.79 bits per heavy atom. The maximum atomic E-state index is 12.6.